The van der Waals surface area contributed by atoms with Gasteiger partial charge in [0, 0.05) is 0 Å². The highest BCUT2D eigenvalue weighted by Gasteiger charge is 2.52. The number of aliphatic carboxylic acids is 3. The fraction of sp³-hybridized carbons (Fsp3) is 0.839. The van der Waals surface area contributed by atoms with Crippen molar-refractivity contribution in [1.29, 1.82) is 0 Å². The number of nitrogens with zero attached hydrogens (tertiary/aromatic N) is 1. The zero-order valence-electron chi connectivity index (χ0n) is 24.8. The Hall–Kier alpha value is -1.89. The van der Waals surface area contributed by atoms with Crippen molar-refractivity contribution in [3.63, 3.8) is 0 Å². The second kappa shape index (κ2) is 22.0. The molecule has 3 unspecified atom stereocenters. The Labute approximate surface area is 232 Å². The third-order valence-corrected chi connectivity index (χ3v) is 8.29. The zero-order chi connectivity index (χ0) is 28.8. The normalized spacial score (nSPS) is 15.7. The maximum Gasteiger partial charge on any atom is 0.362 e. The number of allylic oxidation sites excluding steroid dienone is 2. The van der Waals surface area contributed by atoms with Crippen LogP contribution in [0.15, 0.2) is 12.2 Å². The van der Waals surface area contributed by atoms with E-state index in [1.807, 2.05) is 0 Å². The maximum atomic E-state index is 11.8. The van der Waals surface area contributed by atoms with Gasteiger partial charge in [-0.05, 0) is 59.3 Å². The largest absolute Gasteiger partial charge is 0.477 e. The molecule has 0 heterocycles. The number of hydrogen-bond acceptors (Lipinski definition) is 3. The van der Waals surface area contributed by atoms with Crippen LogP contribution in [0.25, 0.3) is 0 Å². The van der Waals surface area contributed by atoms with E-state index in [1.54, 1.807) is 0 Å². The topological polar surface area (TPSA) is 112 Å². The summed E-state index contributed by atoms with van der Waals surface area (Å²) < 4.78 is -0.484. The second-order valence-corrected chi connectivity index (χ2v) is 11.1. The summed E-state index contributed by atoms with van der Waals surface area (Å²) in [4.78, 5) is 35.4. The Balaban J connectivity index is 4.13. The van der Waals surface area contributed by atoms with Gasteiger partial charge in [0.15, 0.2) is 18.1 Å². The molecule has 0 bridgehead atoms. The van der Waals surface area contributed by atoms with Gasteiger partial charge < -0.3 is 15.3 Å². The van der Waals surface area contributed by atoms with Crippen LogP contribution in [0.2, 0.25) is 0 Å². The Morgan fingerprint density at radius 1 is 0.526 bits per heavy atom. The lowest BCUT2D eigenvalue weighted by Crippen LogP contribution is -2.70. The average molecular weight is 541 g/mol. The molecule has 0 aromatic rings. The molecule has 0 aliphatic heterocycles. The first-order chi connectivity index (χ1) is 18.1. The number of unbranched alkanes of at least 4 members (excludes halogenated alkanes) is 16. The Morgan fingerprint density at radius 3 is 1.13 bits per heavy atom. The van der Waals surface area contributed by atoms with Crippen LogP contribution in [0, 0.1) is 0 Å². The van der Waals surface area contributed by atoms with Crippen molar-refractivity contribution in [1.82, 2.24) is 0 Å². The van der Waals surface area contributed by atoms with Gasteiger partial charge in [-0.25, -0.2) is 14.4 Å². The van der Waals surface area contributed by atoms with Gasteiger partial charge in [0.05, 0.1) is 6.54 Å². The first-order valence-corrected chi connectivity index (χ1v) is 15.3. The maximum absolute atomic E-state index is 11.8. The molecular formula is C31H58NO6+. The van der Waals surface area contributed by atoms with Crippen molar-refractivity contribution in [2.24, 2.45) is 0 Å². The summed E-state index contributed by atoms with van der Waals surface area (Å²) in [5, 5.41) is 28.9. The lowest BCUT2D eigenvalue weighted by Gasteiger charge is -2.47. The fourth-order valence-corrected chi connectivity index (χ4v) is 5.54. The van der Waals surface area contributed by atoms with Gasteiger partial charge in [0.1, 0.15) is 0 Å². The van der Waals surface area contributed by atoms with E-state index in [1.165, 1.54) is 91.4 Å². The molecule has 0 saturated heterocycles. The van der Waals surface area contributed by atoms with E-state index < -0.39 is 40.5 Å². The standard InChI is InChI=1S/C31H57NO6/c1-5-6-7-8-9-10-11-12-13-14-15-16-17-18-19-20-21-22-23-24-25-32(26(2)29(33)34,27(3)30(35)36)28(4)31(37)38/h17-18,26-28H,5-16,19-25H2,1-4H3,(H2-,33,34,35,36,37,38)/p+1/b18-17+. The predicted octanol–water partition coefficient (Wildman–Crippen LogP) is 7.82. The minimum absolute atomic E-state index is 0.216. The van der Waals surface area contributed by atoms with Crippen molar-refractivity contribution < 1.29 is 34.2 Å². The molecule has 3 N–H and O–H groups in total. The predicted molar refractivity (Wildman–Crippen MR) is 154 cm³/mol. The third-order valence-electron chi connectivity index (χ3n) is 8.29. The summed E-state index contributed by atoms with van der Waals surface area (Å²) >= 11 is 0. The van der Waals surface area contributed by atoms with Gasteiger partial charge in [-0.3, -0.25) is 4.48 Å². The van der Waals surface area contributed by atoms with Gasteiger partial charge in [-0.1, -0.05) is 96.1 Å². The third kappa shape index (κ3) is 14.3. The summed E-state index contributed by atoms with van der Waals surface area (Å²) in [7, 11) is 0. The van der Waals surface area contributed by atoms with Gasteiger partial charge >= 0.3 is 17.9 Å². The van der Waals surface area contributed by atoms with Crippen molar-refractivity contribution >= 4 is 17.9 Å². The van der Waals surface area contributed by atoms with Crippen molar-refractivity contribution in [3.8, 4) is 0 Å². The molecule has 7 heteroatoms. The lowest BCUT2D eigenvalue weighted by molar-refractivity contribution is -0.968. The molecule has 0 aromatic carbocycles. The molecule has 7 nitrogen and oxygen atoms in total. The van der Waals surface area contributed by atoms with Gasteiger partial charge in [0.2, 0.25) is 0 Å². The summed E-state index contributed by atoms with van der Waals surface area (Å²) in [5.41, 5.74) is 0. The molecule has 0 aromatic heterocycles. The molecule has 0 amide bonds. The Kier molecular flexibility index (Phi) is 20.9. The fourth-order valence-electron chi connectivity index (χ4n) is 5.54. The quantitative estimate of drug-likeness (QED) is 0.0586. The van der Waals surface area contributed by atoms with Crippen LogP contribution in [-0.4, -0.2) is 62.4 Å². The number of carboxylic acid groups (broad SMARTS) is 3. The Bertz CT molecular complexity index is 627. The summed E-state index contributed by atoms with van der Waals surface area (Å²) in [6.07, 6.45) is 26.3. The Morgan fingerprint density at radius 2 is 0.816 bits per heavy atom. The summed E-state index contributed by atoms with van der Waals surface area (Å²) in [6.45, 7) is 6.74. The summed E-state index contributed by atoms with van der Waals surface area (Å²) in [5.74, 6) is -3.52. The number of carboxylic acids is 3. The zero-order valence-corrected chi connectivity index (χ0v) is 24.8. The molecule has 0 rings (SSSR count). The van der Waals surface area contributed by atoms with E-state index in [2.05, 4.69) is 19.1 Å². The first kappa shape index (κ1) is 36.1. The van der Waals surface area contributed by atoms with Crippen molar-refractivity contribution in [2.75, 3.05) is 6.54 Å². The molecule has 0 aliphatic carbocycles. The van der Waals surface area contributed by atoms with Crippen LogP contribution in [-0.2, 0) is 14.4 Å². The highest BCUT2D eigenvalue weighted by atomic mass is 16.4. The highest BCUT2D eigenvalue weighted by Crippen LogP contribution is 2.27. The minimum Gasteiger partial charge on any atom is -0.477 e. The van der Waals surface area contributed by atoms with E-state index in [0.29, 0.717) is 6.42 Å². The van der Waals surface area contributed by atoms with Crippen LogP contribution in [0.5, 0.6) is 0 Å². The molecule has 222 valence electrons. The lowest BCUT2D eigenvalue weighted by atomic mass is 10.00. The monoisotopic (exact) mass is 540 g/mol. The van der Waals surface area contributed by atoms with Crippen LogP contribution < -0.4 is 0 Å². The van der Waals surface area contributed by atoms with Crippen molar-refractivity contribution in [3.05, 3.63) is 12.2 Å². The molecule has 0 saturated carbocycles. The summed E-state index contributed by atoms with van der Waals surface area (Å²) in [6, 6.07) is -3.38. The van der Waals surface area contributed by atoms with Gasteiger partial charge in [-0.15, -0.1) is 0 Å². The number of rotatable bonds is 26. The van der Waals surface area contributed by atoms with Gasteiger partial charge in [-0.2, -0.15) is 0 Å². The smallest absolute Gasteiger partial charge is 0.362 e. The van der Waals surface area contributed by atoms with Crippen LogP contribution in [0.4, 0.5) is 0 Å². The van der Waals surface area contributed by atoms with Gasteiger partial charge in [0.25, 0.3) is 0 Å². The average Bonchev–Trinajstić information content (AvgIpc) is 2.88. The molecule has 0 fully saturated rings. The molecule has 0 radical (unpaired) electrons. The van der Waals surface area contributed by atoms with Crippen LogP contribution >= 0.6 is 0 Å². The van der Waals surface area contributed by atoms with E-state index >= 15 is 0 Å². The van der Waals surface area contributed by atoms with Crippen LogP contribution in [0.1, 0.15) is 143 Å². The molecule has 0 spiro atoms. The van der Waals surface area contributed by atoms with Crippen molar-refractivity contribution in [2.45, 2.75) is 161 Å². The number of hydrogen-bond donors (Lipinski definition) is 3. The number of quaternary nitrogens is 1. The highest BCUT2D eigenvalue weighted by molar-refractivity contribution is 5.77. The first-order valence-electron chi connectivity index (χ1n) is 15.3. The SMILES string of the molecule is CCCCCCCCCCCCC/C=C/CCCCCCC[N+](C(C)C(=O)O)(C(C)C(=O)O)C(C)C(=O)O. The number of carbonyl (C=O) groups is 3. The minimum atomic E-state index is -1.17. The van der Waals surface area contributed by atoms with Crippen LogP contribution in [0.3, 0.4) is 0 Å². The van der Waals surface area contributed by atoms with E-state index in [0.717, 1.165) is 38.5 Å². The molecule has 0 aliphatic rings. The van der Waals surface area contributed by atoms with E-state index in [4.69, 9.17) is 0 Å². The molecule has 3 atom stereocenters. The van der Waals surface area contributed by atoms with E-state index in [9.17, 15) is 29.7 Å². The molecular weight excluding hydrogens is 482 g/mol. The second-order valence-electron chi connectivity index (χ2n) is 11.1. The van der Waals surface area contributed by atoms with E-state index in [-0.39, 0.29) is 6.54 Å². The molecule has 38 heavy (non-hydrogen) atoms.